The van der Waals surface area contributed by atoms with Crippen molar-refractivity contribution in [2.75, 3.05) is 0 Å². The molecule has 4 nitrogen and oxygen atoms in total. The molecule has 0 fully saturated rings. The summed E-state index contributed by atoms with van der Waals surface area (Å²) in [7, 11) is 0. The predicted molar refractivity (Wildman–Crippen MR) is 209 cm³/mol. The molecule has 238 valence electrons. The number of furan rings is 1. The Kier molecular flexibility index (Phi) is 6.78. The number of nitrogens with zero attached hydrogens (tertiary/aromatic N) is 3. The molecule has 0 bridgehead atoms. The quantitative estimate of drug-likeness (QED) is 0.186. The first kappa shape index (κ1) is 29.0. The van der Waals surface area contributed by atoms with E-state index in [9.17, 15) is 0 Å². The maximum absolute atomic E-state index is 6.22. The van der Waals surface area contributed by atoms with Crippen LogP contribution in [0.2, 0.25) is 0 Å². The Bertz CT molecular complexity index is 2920. The van der Waals surface area contributed by atoms with Gasteiger partial charge in [-0.15, -0.1) is 0 Å². The molecule has 0 unspecified atom stereocenters. The van der Waals surface area contributed by atoms with E-state index in [1.54, 1.807) is 0 Å². The van der Waals surface area contributed by atoms with Crippen LogP contribution < -0.4 is 0 Å². The summed E-state index contributed by atoms with van der Waals surface area (Å²) in [5.74, 6) is 1.85. The van der Waals surface area contributed by atoms with Gasteiger partial charge in [0.05, 0.1) is 0 Å². The van der Waals surface area contributed by atoms with Crippen molar-refractivity contribution in [3.05, 3.63) is 176 Å². The van der Waals surface area contributed by atoms with Crippen LogP contribution in [0.4, 0.5) is 0 Å². The topological polar surface area (TPSA) is 51.8 Å². The van der Waals surface area contributed by atoms with Gasteiger partial charge in [0.1, 0.15) is 11.2 Å². The molecule has 0 saturated carbocycles. The molecule has 4 heteroatoms. The van der Waals surface area contributed by atoms with Gasteiger partial charge >= 0.3 is 0 Å². The van der Waals surface area contributed by atoms with E-state index in [0.29, 0.717) is 17.5 Å². The average Bonchev–Trinajstić information content (AvgIpc) is 3.59. The van der Waals surface area contributed by atoms with Gasteiger partial charge in [0.25, 0.3) is 0 Å². The van der Waals surface area contributed by atoms with Crippen LogP contribution in [0.5, 0.6) is 0 Å². The smallest absolute Gasteiger partial charge is 0.164 e. The Hall–Kier alpha value is -6.91. The monoisotopic (exact) mass is 651 g/mol. The van der Waals surface area contributed by atoms with Gasteiger partial charge in [-0.25, -0.2) is 15.0 Å². The second-order valence-corrected chi connectivity index (χ2v) is 12.8. The molecule has 0 saturated heterocycles. The van der Waals surface area contributed by atoms with Gasteiger partial charge in [-0.3, -0.25) is 0 Å². The molecule has 8 aromatic carbocycles. The van der Waals surface area contributed by atoms with Crippen LogP contribution in [0.15, 0.2) is 180 Å². The zero-order chi connectivity index (χ0) is 33.7. The molecular formula is C47H29N3O. The van der Waals surface area contributed by atoms with Crippen molar-refractivity contribution in [2.45, 2.75) is 0 Å². The Morgan fingerprint density at radius 1 is 0.314 bits per heavy atom. The summed E-state index contributed by atoms with van der Waals surface area (Å²) in [6, 6.07) is 61.3. The van der Waals surface area contributed by atoms with Gasteiger partial charge in [0, 0.05) is 27.5 Å². The Labute approximate surface area is 294 Å². The summed E-state index contributed by atoms with van der Waals surface area (Å²) in [4.78, 5) is 15.2. The van der Waals surface area contributed by atoms with E-state index < -0.39 is 0 Å². The average molecular weight is 652 g/mol. The second kappa shape index (κ2) is 11.9. The summed E-state index contributed by atoms with van der Waals surface area (Å²) in [6.45, 7) is 0. The molecule has 2 aromatic heterocycles. The first-order valence-corrected chi connectivity index (χ1v) is 17.1. The SMILES string of the molecule is c1ccc(-c2nc(-c3ccc4ccc(-c5cccc(-c6cccc7ccccc67)c5)cc4c3)nc(-c3cccc4oc5ccccc5c34)n2)cc1. The van der Waals surface area contributed by atoms with E-state index in [4.69, 9.17) is 19.4 Å². The molecule has 0 aliphatic carbocycles. The molecule has 0 aliphatic heterocycles. The van der Waals surface area contributed by atoms with E-state index in [1.807, 2.05) is 60.7 Å². The maximum Gasteiger partial charge on any atom is 0.164 e. The summed E-state index contributed by atoms with van der Waals surface area (Å²) in [5, 5.41) is 6.80. The van der Waals surface area contributed by atoms with E-state index >= 15 is 0 Å². The third kappa shape index (κ3) is 5.13. The van der Waals surface area contributed by atoms with Crippen molar-refractivity contribution in [3.8, 4) is 56.4 Å². The first-order valence-electron chi connectivity index (χ1n) is 17.1. The van der Waals surface area contributed by atoms with Crippen molar-refractivity contribution in [3.63, 3.8) is 0 Å². The normalized spacial score (nSPS) is 11.5. The van der Waals surface area contributed by atoms with Gasteiger partial charge in [-0.05, 0) is 74.1 Å². The molecule has 0 N–H and O–H groups in total. The van der Waals surface area contributed by atoms with Crippen LogP contribution in [-0.2, 0) is 0 Å². The molecular weight excluding hydrogens is 623 g/mol. The van der Waals surface area contributed by atoms with Crippen molar-refractivity contribution in [2.24, 2.45) is 0 Å². The molecule has 10 rings (SSSR count). The van der Waals surface area contributed by atoms with Crippen molar-refractivity contribution >= 4 is 43.5 Å². The summed E-state index contributed by atoms with van der Waals surface area (Å²) < 4.78 is 6.22. The van der Waals surface area contributed by atoms with Crippen molar-refractivity contribution in [1.29, 1.82) is 0 Å². The van der Waals surface area contributed by atoms with E-state index in [1.165, 1.54) is 27.5 Å². The van der Waals surface area contributed by atoms with Gasteiger partial charge in [0.2, 0.25) is 0 Å². The maximum atomic E-state index is 6.22. The van der Waals surface area contributed by atoms with Crippen molar-refractivity contribution < 1.29 is 4.42 Å². The molecule has 0 spiro atoms. The summed E-state index contributed by atoms with van der Waals surface area (Å²) >= 11 is 0. The minimum atomic E-state index is 0.607. The van der Waals surface area contributed by atoms with Crippen LogP contribution in [0.1, 0.15) is 0 Å². The first-order chi connectivity index (χ1) is 25.2. The van der Waals surface area contributed by atoms with Crippen molar-refractivity contribution in [1.82, 2.24) is 15.0 Å². The lowest BCUT2D eigenvalue weighted by Crippen LogP contribution is -2.00. The number of aromatic nitrogens is 3. The molecule has 0 amide bonds. The van der Waals surface area contributed by atoms with E-state index in [0.717, 1.165) is 55.0 Å². The zero-order valence-electron chi connectivity index (χ0n) is 27.5. The number of rotatable bonds is 5. The lowest BCUT2D eigenvalue weighted by Gasteiger charge is -2.11. The summed E-state index contributed by atoms with van der Waals surface area (Å²) in [5.41, 5.74) is 9.16. The minimum absolute atomic E-state index is 0.607. The van der Waals surface area contributed by atoms with Crippen LogP contribution >= 0.6 is 0 Å². The minimum Gasteiger partial charge on any atom is -0.456 e. The lowest BCUT2D eigenvalue weighted by atomic mass is 9.94. The molecule has 51 heavy (non-hydrogen) atoms. The molecule has 0 aliphatic rings. The highest BCUT2D eigenvalue weighted by Crippen LogP contribution is 2.37. The van der Waals surface area contributed by atoms with E-state index in [-0.39, 0.29) is 0 Å². The molecule has 10 aromatic rings. The second-order valence-electron chi connectivity index (χ2n) is 12.8. The molecule has 0 radical (unpaired) electrons. The number of para-hydroxylation sites is 1. The largest absolute Gasteiger partial charge is 0.456 e. The number of hydrogen-bond donors (Lipinski definition) is 0. The molecule has 0 atom stereocenters. The Balaban J connectivity index is 1.10. The fraction of sp³-hybridized carbons (Fsp3) is 0. The van der Waals surface area contributed by atoms with Gasteiger partial charge in [0.15, 0.2) is 17.5 Å². The number of benzene rings is 8. The van der Waals surface area contributed by atoms with Crippen LogP contribution in [0, 0.1) is 0 Å². The Morgan fingerprint density at radius 3 is 1.80 bits per heavy atom. The standard InChI is InChI=1S/C47H29N3O/c1-2-12-32(13-3-1)45-48-46(50-47(49-45)41-20-10-22-43-44(41)40-18-6-7-21-42(40)51-43)36-26-24-30-23-25-34(28-37(30)29-36)33-15-8-16-35(27-33)39-19-9-14-31-11-4-5-17-38(31)39/h1-29H. The van der Waals surface area contributed by atoms with E-state index in [2.05, 4.69) is 115 Å². The van der Waals surface area contributed by atoms with Crippen LogP contribution in [0.3, 0.4) is 0 Å². The fourth-order valence-corrected chi connectivity index (χ4v) is 7.21. The highest BCUT2D eigenvalue weighted by atomic mass is 16.3. The fourth-order valence-electron chi connectivity index (χ4n) is 7.21. The Morgan fingerprint density at radius 2 is 0.902 bits per heavy atom. The summed E-state index contributed by atoms with van der Waals surface area (Å²) in [6.07, 6.45) is 0. The van der Waals surface area contributed by atoms with Crippen LogP contribution in [0.25, 0.3) is 99.9 Å². The van der Waals surface area contributed by atoms with Gasteiger partial charge < -0.3 is 4.42 Å². The zero-order valence-corrected chi connectivity index (χ0v) is 27.5. The lowest BCUT2D eigenvalue weighted by molar-refractivity contribution is 0.669. The third-order valence-corrected chi connectivity index (χ3v) is 9.71. The number of hydrogen-bond acceptors (Lipinski definition) is 4. The highest BCUT2D eigenvalue weighted by molar-refractivity contribution is 6.11. The van der Waals surface area contributed by atoms with Crippen LogP contribution in [-0.4, -0.2) is 15.0 Å². The van der Waals surface area contributed by atoms with Gasteiger partial charge in [-0.2, -0.15) is 0 Å². The number of fused-ring (bicyclic) bond motifs is 5. The third-order valence-electron chi connectivity index (χ3n) is 9.71. The predicted octanol–water partition coefficient (Wildman–Crippen LogP) is 12.4. The van der Waals surface area contributed by atoms with Gasteiger partial charge in [-0.1, -0.05) is 146 Å². The highest BCUT2D eigenvalue weighted by Gasteiger charge is 2.18. The molecule has 2 heterocycles.